The number of rotatable bonds is 3. The molecule has 5 heteroatoms. The molecule has 1 heterocycles. The van der Waals surface area contributed by atoms with Gasteiger partial charge in [-0.3, -0.25) is 0 Å². The molecule has 1 N–H and O–H groups in total. The van der Waals surface area contributed by atoms with Gasteiger partial charge in [0, 0.05) is 0 Å². The Morgan fingerprint density at radius 3 is 2.90 bits per heavy atom. The first-order chi connectivity index (χ1) is 9.76. The van der Waals surface area contributed by atoms with Crippen LogP contribution in [0, 0.1) is 5.82 Å². The Labute approximate surface area is 122 Å². The van der Waals surface area contributed by atoms with E-state index in [-0.39, 0.29) is 11.9 Å². The zero-order valence-electron chi connectivity index (χ0n) is 11.3. The molecular weight excluding hydrogens is 273 g/mol. The molecule has 1 aromatic heterocycles. The zero-order valence-corrected chi connectivity index (χ0v) is 12.1. The molecule has 0 saturated heterocycles. The first-order valence-electron chi connectivity index (χ1n) is 6.69. The van der Waals surface area contributed by atoms with Gasteiger partial charge in [-0.2, -0.15) is 0 Å². The maximum atomic E-state index is 13.4. The topological polar surface area (TPSA) is 37.8 Å². The summed E-state index contributed by atoms with van der Waals surface area (Å²) in [4.78, 5) is 0. The van der Waals surface area contributed by atoms with Gasteiger partial charge < -0.3 is 5.32 Å². The van der Waals surface area contributed by atoms with Crippen molar-refractivity contribution in [1.29, 1.82) is 0 Å². The van der Waals surface area contributed by atoms with Gasteiger partial charge in [-0.05, 0) is 60.9 Å². The van der Waals surface area contributed by atoms with Crippen molar-refractivity contribution in [1.82, 2.24) is 10.2 Å². The molecule has 104 valence electrons. The highest BCUT2D eigenvalue weighted by Crippen LogP contribution is 2.32. The summed E-state index contributed by atoms with van der Waals surface area (Å²) in [6, 6.07) is 9.04. The second-order valence-corrected chi connectivity index (χ2v) is 5.72. The predicted molar refractivity (Wildman–Crippen MR) is 79.5 cm³/mol. The molecule has 3 rings (SSSR count). The molecule has 1 aliphatic carbocycles. The molecule has 0 amide bonds. The van der Waals surface area contributed by atoms with Gasteiger partial charge in [-0.1, -0.05) is 6.07 Å². The van der Waals surface area contributed by atoms with E-state index >= 15 is 0 Å². The third kappa shape index (κ3) is 2.77. The number of hydrogen-bond donors (Lipinski definition) is 1. The van der Waals surface area contributed by atoms with Crippen LogP contribution in [0.15, 0.2) is 35.4 Å². The first kappa shape index (κ1) is 13.4. The fourth-order valence-corrected chi connectivity index (χ4v) is 2.93. The van der Waals surface area contributed by atoms with Gasteiger partial charge in [-0.25, -0.2) is 4.39 Å². The lowest BCUT2D eigenvalue weighted by molar-refractivity contribution is 0.578. The Balaban J connectivity index is 1.83. The van der Waals surface area contributed by atoms with Crippen molar-refractivity contribution in [3.05, 3.63) is 47.3 Å². The van der Waals surface area contributed by atoms with Crippen molar-refractivity contribution in [3.63, 3.8) is 0 Å². The van der Waals surface area contributed by atoms with Gasteiger partial charge in [0.1, 0.15) is 16.7 Å². The quantitative estimate of drug-likeness (QED) is 0.872. The molecule has 0 radical (unpaired) electrons. The molecule has 3 nitrogen and oxygen atoms in total. The highest BCUT2D eigenvalue weighted by molar-refractivity contribution is 7.98. The molecule has 0 saturated carbocycles. The highest BCUT2D eigenvalue weighted by atomic mass is 32.2. The minimum atomic E-state index is -0.179. The van der Waals surface area contributed by atoms with Crippen LogP contribution in [-0.2, 0) is 6.42 Å². The summed E-state index contributed by atoms with van der Waals surface area (Å²) in [5, 5.41) is 12.5. The smallest absolute Gasteiger partial charge is 0.149 e. The van der Waals surface area contributed by atoms with Crippen LogP contribution < -0.4 is 5.32 Å². The normalized spacial score (nSPS) is 17.6. The largest absolute Gasteiger partial charge is 0.362 e. The number of nitrogens with one attached hydrogen (secondary N) is 1. The summed E-state index contributed by atoms with van der Waals surface area (Å²) >= 11 is 1.56. The third-order valence-corrected chi connectivity index (χ3v) is 4.23. The summed E-state index contributed by atoms with van der Waals surface area (Å²) in [6.07, 6.45) is 5.08. The Bertz CT molecular complexity index is 601. The summed E-state index contributed by atoms with van der Waals surface area (Å²) in [5.41, 5.74) is 2.27. The lowest BCUT2D eigenvalue weighted by atomic mass is 9.87. The molecule has 0 fully saturated rings. The molecule has 0 spiro atoms. The minimum Gasteiger partial charge on any atom is -0.362 e. The summed E-state index contributed by atoms with van der Waals surface area (Å²) in [5.74, 6) is 0.561. The van der Waals surface area contributed by atoms with Crippen molar-refractivity contribution in [2.24, 2.45) is 0 Å². The van der Waals surface area contributed by atoms with E-state index in [1.54, 1.807) is 17.8 Å². The van der Waals surface area contributed by atoms with E-state index in [2.05, 4.69) is 15.5 Å². The Morgan fingerprint density at radius 1 is 1.25 bits per heavy atom. The van der Waals surface area contributed by atoms with Crippen molar-refractivity contribution in [2.75, 3.05) is 11.6 Å². The Kier molecular flexibility index (Phi) is 3.87. The van der Waals surface area contributed by atoms with E-state index < -0.39 is 0 Å². The number of benzene rings is 1. The molecule has 0 aliphatic heterocycles. The van der Waals surface area contributed by atoms with Crippen LogP contribution in [0.2, 0.25) is 0 Å². The van der Waals surface area contributed by atoms with Gasteiger partial charge in [-0.15, -0.1) is 22.0 Å². The lowest BCUT2D eigenvalue weighted by Gasteiger charge is -2.26. The molecule has 2 aromatic rings. The van der Waals surface area contributed by atoms with Crippen molar-refractivity contribution in [2.45, 2.75) is 30.3 Å². The van der Waals surface area contributed by atoms with Crippen molar-refractivity contribution in [3.8, 4) is 0 Å². The molecule has 0 bridgehead atoms. The maximum Gasteiger partial charge on any atom is 0.149 e. The molecule has 1 aromatic carbocycles. The summed E-state index contributed by atoms with van der Waals surface area (Å²) in [7, 11) is 0. The van der Waals surface area contributed by atoms with E-state index in [0.29, 0.717) is 0 Å². The second kappa shape index (κ2) is 5.79. The SMILES string of the molecule is CSc1ccc(NC2CCCc3ccc(F)cc32)nn1. The molecule has 1 unspecified atom stereocenters. The number of nitrogens with zero attached hydrogens (tertiary/aromatic N) is 2. The summed E-state index contributed by atoms with van der Waals surface area (Å²) in [6.45, 7) is 0. The summed E-state index contributed by atoms with van der Waals surface area (Å²) < 4.78 is 13.4. The Hall–Kier alpha value is -1.62. The van der Waals surface area contributed by atoms with Gasteiger partial charge in [0.05, 0.1) is 6.04 Å². The minimum absolute atomic E-state index is 0.115. The zero-order chi connectivity index (χ0) is 13.9. The second-order valence-electron chi connectivity index (χ2n) is 4.89. The standard InChI is InChI=1S/C15H16FN3S/c1-20-15-8-7-14(18-19-15)17-13-4-2-3-10-5-6-11(16)9-12(10)13/h5-9,13H,2-4H2,1H3,(H,17,18). The van der Waals surface area contributed by atoms with Crippen LogP contribution in [0.1, 0.15) is 30.0 Å². The molecule has 1 aliphatic rings. The monoisotopic (exact) mass is 289 g/mol. The highest BCUT2D eigenvalue weighted by Gasteiger charge is 2.21. The number of aryl methyl sites for hydroxylation is 1. The molecule has 20 heavy (non-hydrogen) atoms. The fraction of sp³-hybridized carbons (Fsp3) is 0.333. The number of aromatic nitrogens is 2. The molecule has 1 atom stereocenters. The maximum absolute atomic E-state index is 13.4. The van der Waals surface area contributed by atoms with Crippen LogP contribution in [0.5, 0.6) is 0 Å². The Morgan fingerprint density at radius 2 is 2.15 bits per heavy atom. The van der Waals surface area contributed by atoms with Crippen LogP contribution in [0.3, 0.4) is 0 Å². The number of fused-ring (bicyclic) bond motifs is 1. The van der Waals surface area contributed by atoms with Crippen LogP contribution in [0.4, 0.5) is 10.2 Å². The van der Waals surface area contributed by atoms with Crippen molar-refractivity contribution >= 4 is 17.6 Å². The van der Waals surface area contributed by atoms with Crippen molar-refractivity contribution < 1.29 is 4.39 Å². The van der Waals surface area contributed by atoms with Crippen LogP contribution in [0.25, 0.3) is 0 Å². The molecular formula is C15H16FN3S. The van der Waals surface area contributed by atoms with Crippen LogP contribution >= 0.6 is 11.8 Å². The van der Waals surface area contributed by atoms with Crippen LogP contribution in [-0.4, -0.2) is 16.5 Å². The van der Waals surface area contributed by atoms with E-state index in [1.165, 1.54) is 11.6 Å². The predicted octanol–water partition coefficient (Wildman–Crippen LogP) is 3.83. The fourth-order valence-electron chi connectivity index (χ4n) is 2.60. The van der Waals surface area contributed by atoms with E-state index in [9.17, 15) is 4.39 Å². The number of hydrogen-bond acceptors (Lipinski definition) is 4. The number of halogens is 1. The average molecular weight is 289 g/mol. The van der Waals surface area contributed by atoms with Gasteiger partial charge in [0.2, 0.25) is 0 Å². The van der Waals surface area contributed by atoms with E-state index in [4.69, 9.17) is 0 Å². The van der Waals surface area contributed by atoms with Gasteiger partial charge in [0.15, 0.2) is 0 Å². The van der Waals surface area contributed by atoms with Gasteiger partial charge in [0.25, 0.3) is 0 Å². The van der Waals surface area contributed by atoms with Gasteiger partial charge >= 0.3 is 0 Å². The van der Waals surface area contributed by atoms with E-state index in [1.807, 2.05) is 24.5 Å². The first-order valence-corrected chi connectivity index (χ1v) is 7.91. The average Bonchev–Trinajstić information content (AvgIpc) is 2.49. The number of anilines is 1. The lowest BCUT2D eigenvalue weighted by Crippen LogP contribution is -2.18. The van der Waals surface area contributed by atoms with E-state index in [0.717, 1.165) is 35.7 Å². The third-order valence-electron chi connectivity index (χ3n) is 3.59. The number of thioether (sulfide) groups is 1.